The fourth-order valence-corrected chi connectivity index (χ4v) is 4.08. The molecule has 1 unspecified atom stereocenters. The van der Waals surface area contributed by atoms with E-state index >= 15 is 0 Å². The van der Waals surface area contributed by atoms with Crippen molar-refractivity contribution in [3.8, 4) is 17.6 Å². The number of aliphatic carboxylic acids is 1. The van der Waals surface area contributed by atoms with Crippen LogP contribution in [0.2, 0.25) is 0 Å². The molecule has 0 spiro atoms. The van der Waals surface area contributed by atoms with Crippen LogP contribution in [0.1, 0.15) is 33.5 Å². The third-order valence-corrected chi connectivity index (χ3v) is 5.77. The molecule has 2 aromatic carbocycles. The van der Waals surface area contributed by atoms with Crippen LogP contribution in [0.3, 0.4) is 0 Å². The highest BCUT2D eigenvalue weighted by Crippen LogP contribution is 2.37. The van der Waals surface area contributed by atoms with Crippen molar-refractivity contribution in [2.75, 3.05) is 6.54 Å². The van der Waals surface area contributed by atoms with E-state index in [0.29, 0.717) is 12.0 Å². The number of rotatable bonds is 6. The number of ether oxygens (including phenoxy) is 1. The monoisotopic (exact) mass is 501 g/mol. The van der Waals surface area contributed by atoms with Crippen molar-refractivity contribution in [1.82, 2.24) is 9.88 Å². The second-order valence-corrected chi connectivity index (χ2v) is 8.17. The van der Waals surface area contributed by atoms with E-state index in [0.717, 1.165) is 12.1 Å². The number of pyridine rings is 1. The number of carboxylic acid groups (broad SMARTS) is 1. The van der Waals surface area contributed by atoms with Gasteiger partial charge in [0, 0.05) is 11.5 Å². The number of hydrogen-bond donors (Lipinski definition) is 3. The van der Waals surface area contributed by atoms with Gasteiger partial charge in [-0.2, -0.15) is 18.4 Å². The number of aromatic nitrogens is 1. The number of aromatic hydroxyl groups is 1. The maximum atomic E-state index is 13.2. The van der Waals surface area contributed by atoms with Crippen molar-refractivity contribution in [2.45, 2.75) is 31.7 Å². The molecule has 1 aromatic heterocycles. The Morgan fingerprint density at radius 1 is 1.22 bits per heavy atom. The minimum Gasteiger partial charge on any atom is -0.506 e. The van der Waals surface area contributed by atoms with Gasteiger partial charge in [-0.15, -0.1) is 0 Å². The number of amides is 1. The molecule has 1 amide bonds. The smallest absolute Gasteiger partial charge is 0.416 e. The summed E-state index contributed by atoms with van der Waals surface area (Å²) in [5.41, 5.74) is -1.47. The van der Waals surface area contributed by atoms with Crippen LogP contribution in [0.4, 0.5) is 13.2 Å². The molecule has 0 fully saturated rings. The lowest BCUT2D eigenvalue weighted by Crippen LogP contribution is -2.40. The molecule has 12 heteroatoms. The highest BCUT2D eigenvalue weighted by atomic mass is 19.4. The highest BCUT2D eigenvalue weighted by Gasteiger charge is 2.31. The third kappa shape index (κ3) is 4.68. The van der Waals surface area contributed by atoms with E-state index in [1.54, 1.807) is 0 Å². The van der Waals surface area contributed by atoms with Gasteiger partial charge in [0.25, 0.3) is 11.5 Å². The molecule has 0 aliphatic carbocycles. The Balaban J connectivity index is 1.68. The van der Waals surface area contributed by atoms with Crippen molar-refractivity contribution in [3.05, 3.63) is 69.0 Å². The highest BCUT2D eigenvalue weighted by molar-refractivity contribution is 6.04. The molecule has 3 aromatic rings. The van der Waals surface area contributed by atoms with Crippen LogP contribution in [0.15, 0.2) is 41.2 Å². The Hall–Kier alpha value is -4.53. The van der Waals surface area contributed by atoms with Gasteiger partial charge in [0.2, 0.25) is 0 Å². The Morgan fingerprint density at radius 2 is 1.92 bits per heavy atom. The first-order valence-electron chi connectivity index (χ1n) is 10.7. The number of carbonyl (C=O) groups excluding carboxylic acids is 1. The van der Waals surface area contributed by atoms with E-state index in [1.807, 2.05) is 11.4 Å². The molecule has 0 bridgehead atoms. The molecular weight excluding hydrogens is 483 g/mol. The van der Waals surface area contributed by atoms with Crippen molar-refractivity contribution in [3.63, 3.8) is 0 Å². The number of carbonyl (C=O) groups is 2. The number of nitrogens with zero attached hydrogens (tertiary/aromatic N) is 2. The molecule has 0 radical (unpaired) electrons. The van der Waals surface area contributed by atoms with Gasteiger partial charge in [-0.1, -0.05) is 12.1 Å². The summed E-state index contributed by atoms with van der Waals surface area (Å²) in [6, 6.07) is 9.22. The summed E-state index contributed by atoms with van der Waals surface area (Å²) in [6.07, 6.45) is -4.49. The van der Waals surface area contributed by atoms with Crippen LogP contribution < -0.4 is 15.6 Å². The lowest BCUT2D eigenvalue weighted by Gasteiger charge is -2.29. The summed E-state index contributed by atoms with van der Waals surface area (Å²) in [6.45, 7) is -0.827. The van der Waals surface area contributed by atoms with E-state index in [1.165, 1.54) is 28.8 Å². The van der Waals surface area contributed by atoms with E-state index in [4.69, 9.17) is 9.84 Å². The van der Waals surface area contributed by atoms with Gasteiger partial charge in [0.05, 0.1) is 29.3 Å². The van der Waals surface area contributed by atoms with Crippen LogP contribution in [0.25, 0.3) is 10.9 Å². The SMILES string of the molecule is N#Cc1cc2c3c(c1)c(O)c(C(=O)NCC(=O)O)c(=O)n3CC(CCc1ccc(C(F)(F)F)cc1)O2. The van der Waals surface area contributed by atoms with Gasteiger partial charge in [-0.3, -0.25) is 14.4 Å². The summed E-state index contributed by atoms with van der Waals surface area (Å²) in [7, 11) is 0. The molecule has 9 nitrogen and oxygen atoms in total. The molecule has 0 saturated heterocycles. The van der Waals surface area contributed by atoms with Gasteiger partial charge >= 0.3 is 12.1 Å². The average molecular weight is 501 g/mol. The number of nitriles is 1. The largest absolute Gasteiger partial charge is 0.506 e. The summed E-state index contributed by atoms with van der Waals surface area (Å²) in [5, 5.41) is 30.9. The Morgan fingerprint density at radius 3 is 2.53 bits per heavy atom. The summed E-state index contributed by atoms with van der Waals surface area (Å²) >= 11 is 0. The van der Waals surface area contributed by atoms with Crippen LogP contribution in [0, 0.1) is 11.3 Å². The molecule has 2 heterocycles. The first-order chi connectivity index (χ1) is 17.0. The number of benzene rings is 2. The molecule has 186 valence electrons. The molecule has 36 heavy (non-hydrogen) atoms. The van der Waals surface area contributed by atoms with Crippen molar-refractivity contribution < 1.29 is 37.7 Å². The van der Waals surface area contributed by atoms with E-state index < -0.39 is 53.1 Å². The van der Waals surface area contributed by atoms with E-state index in [9.17, 15) is 37.9 Å². The second kappa shape index (κ2) is 9.26. The Labute approximate surface area is 201 Å². The lowest BCUT2D eigenvalue weighted by molar-refractivity contribution is -0.138. The first-order valence-corrected chi connectivity index (χ1v) is 10.7. The minimum atomic E-state index is -4.45. The van der Waals surface area contributed by atoms with E-state index in [-0.39, 0.29) is 35.2 Å². The topological polar surface area (TPSA) is 142 Å². The number of nitrogens with one attached hydrogen (secondary N) is 1. The predicted molar refractivity (Wildman–Crippen MR) is 119 cm³/mol. The van der Waals surface area contributed by atoms with Crippen molar-refractivity contribution in [2.24, 2.45) is 0 Å². The third-order valence-electron chi connectivity index (χ3n) is 5.77. The number of hydrogen-bond acceptors (Lipinski definition) is 6. The van der Waals surface area contributed by atoms with E-state index in [2.05, 4.69) is 0 Å². The standard InChI is InChI=1S/C24H18F3N3O6/c25-24(26,27)14-4-1-12(2-5-14)3-6-15-11-30-20-16(7-13(9-28)8-17(20)36-15)21(33)19(23(30)35)22(34)29-10-18(31)32/h1-2,4-5,7-8,15,33H,3,6,10-11H2,(H,29,34)(H,31,32). The summed E-state index contributed by atoms with van der Waals surface area (Å²) in [4.78, 5) is 36.5. The fourth-order valence-electron chi connectivity index (χ4n) is 4.08. The molecule has 1 atom stereocenters. The van der Waals surface area contributed by atoms with Gasteiger partial charge in [-0.25, -0.2) is 0 Å². The summed E-state index contributed by atoms with van der Waals surface area (Å²) in [5.74, 6) is -3.03. The van der Waals surface area contributed by atoms with Crippen molar-refractivity contribution in [1.29, 1.82) is 5.26 Å². The van der Waals surface area contributed by atoms with Crippen LogP contribution in [-0.2, 0) is 23.9 Å². The van der Waals surface area contributed by atoms with Gasteiger partial charge in [0.1, 0.15) is 29.7 Å². The molecular formula is C24H18F3N3O6. The lowest BCUT2D eigenvalue weighted by atomic mass is 10.0. The molecule has 3 N–H and O–H groups in total. The second-order valence-electron chi connectivity index (χ2n) is 8.17. The van der Waals surface area contributed by atoms with Gasteiger partial charge < -0.3 is 24.8 Å². The minimum absolute atomic E-state index is 0.00492. The van der Waals surface area contributed by atoms with Gasteiger partial charge in [-0.05, 0) is 36.6 Å². The molecule has 0 saturated carbocycles. The average Bonchev–Trinajstić information content (AvgIpc) is 2.83. The van der Waals surface area contributed by atoms with Crippen molar-refractivity contribution >= 4 is 22.8 Å². The number of aryl methyl sites for hydroxylation is 1. The molecule has 1 aliphatic rings. The quantitative estimate of drug-likeness (QED) is 0.472. The zero-order valence-electron chi connectivity index (χ0n) is 18.4. The number of halogens is 3. The van der Waals surface area contributed by atoms with Crippen LogP contribution in [0.5, 0.6) is 11.5 Å². The maximum Gasteiger partial charge on any atom is 0.416 e. The Bertz CT molecular complexity index is 1470. The molecule has 1 aliphatic heterocycles. The van der Waals surface area contributed by atoms with Crippen LogP contribution >= 0.6 is 0 Å². The zero-order chi connectivity index (χ0) is 26.2. The maximum absolute atomic E-state index is 13.2. The number of alkyl halides is 3. The fraction of sp³-hybridized carbons (Fsp3) is 0.250. The first kappa shape index (κ1) is 24.6. The van der Waals surface area contributed by atoms with Crippen LogP contribution in [-0.4, -0.2) is 39.3 Å². The predicted octanol–water partition coefficient (Wildman–Crippen LogP) is 2.81. The zero-order valence-corrected chi connectivity index (χ0v) is 18.4. The Kier molecular flexibility index (Phi) is 6.32. The van der Waals surface area contributed by atoms with Gasteiger partial charge in [0.15, 0.2) is 0 Å². The number of carboxylic acids is 1. The summed E-state index contributed by atoms with van der Waals surface area (Å²) < 4.78 is 45.6. The normalized spacial score (nSPS) is 14.7. The molecule has 4 rings (SSSR count).